The van der Waals surface area contributed by atoms with Crippen LogP contribution in [-0.4, -0.2) is 22.7 Å². The summed E-state index contributed by atoms with van der Waals surface area (Å²) >= 11 is 3.32. The third-order valence-corrected chi connectivity index (χ3v) is 2.99. The number of hydrogen-bond acceptors (Lipinski definition) is 4. The van der Waals surface area contributed by atoms with E-state index in [4.69, 9.17) is 0 Å². The highest BCUT2D eigenvalue weighted by molar-refractivity contribution is 9.10. The van der Waals surface area contributed by atoms with Crippen LogP contribution in [0.5, 0.6) is 11.5 Å². The van der Waals surface area contributed by atoms with E-state index in [-0.39, 0.29) is 22.6 Å². The molecule has 2 rings (SSSR count). The van der Waals surface area contributed by atoms with Gasteiger partial charge >= 0.3 is 0 Å². The summed E-state index contributed by atoms with van der Waals surface area (Å²) in [5.41, 5.74) is 1.25. The number of halogens is 1. The van der Waals surface area contributed by atoms with Gasteiger partial charge in [-0.2, -0.15) is 0 Å². The maximum Gasteiger partial charge on any atom is 0.166 e. The van der Waals surface area contributed by atoms with E-state index in [1.807, 2.05) is 12.1 Å². The van der Waals surface area contributed by atoms with Gasteiger partial charge in [0.2, 0.25) is 0 Å². The summed E-state index contributed by atoms with van der Waals surface area (Å²) in [5.74, 6) is -0.645. The fourth-order valence-electron chi connectivity index (χ4n) is 1.50. The molecule has 0 heterocycles. The molecule has 2 aromatic carbocycles. The lowest BCUT2D eigenvalue weighted by atomic mass is 10.1. The first-order valence-electron chi connectivity index (χ1n) is 5.41. The second kappa shape index (κ2) is 5.67. The maximum absolute atomic E-state index is 10.7. The van der Waals surface area contributed by atoms with E-state index in [2.05, 4.69) is 20.9 Å². The number of carbonyl (C=O) groups excluding carboxylic acids is 1. The molecule has 0 radical (unpaired) electrons. The quantitative estimate of drug-likeness (QED) is 0.517. The molecule has 96 valence electrons. The molecule has 0 fully saturated rings. The predicted molar refractivity (Wildman–Crippen MR) is 76.6 cm³/mol. The van der Waals surface area contributed by atoms with Crippen molar-refractivity contribution in [1.82, 2.24) is 0 Å². The van der Waals surface area contributed by atoms with Crippen molar-refractivity contribution in [2.45, 2.75) is 0 Å². The van der Waals surface area contributed by atoms with Crippen LogP contribution in [0.2, 0.25) is 0 Å². The highest BCUT2D eigenvalue weighted by Crippen LogP contribution is 2.29. The van der Waals surface area contributed by atoms with Gasteiger partial charge in [0.25, 0.3) is 0 Å². The van der Waals surface area contributed by atoms with Crippen molar-refractivity contribution in [3.63, 3.8) is 0 Å². The van der Waals surface area contributed by atoms with Gasteiger partial charge in [0, 0.05) is 21.8 Å². The summed E-state index contributed by atoms with van der Waals surface area (Å²) in [4.78, 5) is 14.9. The minimum atomic E-state index is -0.346. The summed E-state index contributed by atoms with van der Waals surface area (Å²) < 4.78 is 0.940. The topological polar surface area (TPSA) is 69.9 Å². The Morgan fingerprint density at radius 2 is 1.79 bits per heavy atom. The fourth-order valence-corrected chi connectivity index (χ4v) is 1.77. The molecule has 0 aliphatic heterocycles. The summed E-state index contributed by atoms with van der Waals surface area (Å²) in [6.07, 6.45) is 1.99. The zero-order valence-corrected chi connectivity index (χ0v) is 11.3. The zero-order chi connectivity index (χ0) is 13.8. The largest absolute Gasteiger partial charge is 0.504 e. The first-order chi connectivity index (χ1) is 9.10. The molecular formula is C14H10BrNO3. The van der Waals surface area contributed by atoms with Crippen LogP contribution >= 0.6 is 15.9 Å². The molecule has 0 unspecified atom stereocenters. The summed E-state index contributed by atoms with van der Waals surface area (Å²) in [7, 11) is 0. The van der Waals surface area contributed by atoms with Crippen molar-refractivity contribution in [1.29, 1.82) is 0 Å². The first-order valence-corrected chi connectivity index (χ1v) is 6.20. The molecule has 2 N–H and O–H groups in total. The van der Waals surface area contributed by atoms with Crippen molar-refractivity contribution in [2.75, 3.05) is 0 Å². The molecule has 0 aliphatic rings. The number of nitrogens with zero attached hydrogens (tertiary/aromatic N) is 1. The van der Waals surface area contributed by atoms with Crippen LogP contribution in [0.3, 0.4) is 0 Å². The van der Waals surface area contributed by atoms with Gasteiger partial charge in [0.1, 0.15) is 6.29 Å². The molecule has 2 aromatic rings. The van der Waals surface area contributed by atoms with Gasteiger partial charge in [0.05, 0.1) is 5.69 Å². The van der Waals surface area contributed by atoms with Crippen LogP contribution in [0.1, 0.15) is 15.9 Å². The molecule has 0 saturated heterocycles. The Morgan fingerprint density at radius 1 is 1.11 bits per heavy atom. The minimum Gasteiger partial charge on any atom is -0.504 e. The van der Waals surface area contributed by atoms with Crippen LogP contribution in [0.4, 0.5) is 5.69 Å². The lowest BCUT2D eigenvalue weighted by molar-refractivity contribution is 0.112. The van der Waals surface area contributed by atoms with Gasteiger partial charge in [-0.1, -0.05) is 15.9 Å². The van der Waals surface area contributed by atoms with E-state index in [0.717, 1.165) is 4.47 Å². The number of aliphatic imine (C=N–C) groups is 1. The van der Waals surface area contributed by atoms with Crippen LogP contribution < -0.4 is 0 Å². The van der Waals surface area contributed by atoms with Gasteiger partial charge in [-0.05, 0) is 36.4 Å². The third kappa shape index (κ3) is 3.20. The van der Waals surface area contributed by atoms with Crippen LogP contribution in [-0.2, 0) is 0 Å². The number of rotatable bonds is 3. The Bertz CT molecular complexity index is 636. The summed E-state index contributed by atoms with van der Waals surface area (Å²) in [6.45, 7) is 0. The number of aromatic hydroxyl groups is 2. The first kappa shape index (κ1) is 13.3. The van der Waals surface area contributed by atoms with Crippen LogP contribution in [0.25, 0.3) is 0 Å². The molecule has 5 heteroatoms. The van der Waals surface area contributed by atoms with E-state index in [1.165, 1.54) is 18.3 Å². The molecular weight excluding hydrogens is 310 g/mol. The predicted octanol–water partition coefficient (Wildman–Crippen LogP) is 3.42. The molecule has 0 aliphatic carbocycles. The number of benzene rings is 2. The van der Waals surface area contributed by atoms with Crippen LogP contribution in [0.15, 0.2) is 45.9 Å². The number of hydrogen-bond donors (Lipinski definition) is 2. The molecule has 0 bridgehead atoms. The number of carbonyl (C=O) groups is 1. The van der Waals surface area contributed by atoms with Crippen molar-refractivity contribution in [3.8, 4) is 11.5 Å². The second-order valence-electron chi connectivity index (χ2n) is 3.83. The van der Waals surface area contributed by atoms with Crippen molar-refractivity contribution in [2.24, 2.45) is 4.99 Å². The molecule has 4 nitrogen and oxygen atoms in total. The molecule has 0 spiro atoms. The van der Waals surface area contributed by atoms with E-state index < -0.39 is 0 Å². The van der Waals surface area contributed by atoms with E-state index in [0.29, 0.717) is 12.0 Å². The highest BCUT2D eigenvalue weighted by atomic mass is 79.9. The third-order valence-electron chi connectivity index (χ3n) is 2.46. The molecule has 19 heavy (non-hydrogen) atoms. The lowest BCUT2D eigenvalue weighted by Crippen LogP contribution is -1.88. The van der Waals surface area contributed by atoms with Gasteiger partial charge in [-0.15, -0.1) is 0 Å². The van der Waals surface area contributed by atoms with Gasteiger partial charge in [0.15, 0.2) is 11.5 Å². The molecule has 0 amide bonds. The smallest absolute Gasteiger partial charge is 0.166 e. The van der Waals surface area contributed by atoms with E-state index in [9.17, 15) is 15.0 Å². The Balaban J connectivity index is 2.34. The Kier molecular flexibility index (Phi) is 3.97. The van der Waals surface area contributed by atoms with Crippen molar-refractivity contribution in [3.05, 3.63) is 52.0 Å². The fraction of sp³-hybridized carbons (Fsp3) is 0. The zero-order valence-electron chi connectivity index (χ0n) is 9.75. The second-order valence-corrected chi connectivity index (χ2v) is 4.75. The monoisotopic (exact) mass is 319 g/mol. The molecule has 0 saturated carbocycles. The Morgan fingerprint density at radius 3 is 2.42 bits per heavy atom. The Labute approximate surface area is 118 Å². The average molecular weight is 320 g/mol. The SMILES string of the molecule is O=Cc1cc(O)c(O)c(C=Nc2ccc(Br)cc2)c1. The summed E-state index contributed by atoms with van der Waals surface area (Å²) in [6, 6.07) is 9.91. The lowest BCUT2D eigenvalue weighted by Gasteiger charge is -2.03. The number of phenolic OH excluding ortho intramolecular Hbond substituents is 2. The Hall–Kier alpha value is -2.14. The minimum absolute atomic E-state index is 0.271. The summed E-state index contributed by atoms with van der Waals surface area (Å²) in [5, 5.41) is 19.1. The van der Waals surface area contributed by atoms with Crippen molar-refractivity contribution >= 4 is 34.1 Å². The molecule has 0 atom stereocenters. The molecule has 0 aromatic heterocycles. The van der Waals surface area contributed by atoms with Gasteiger partial charge in [-0.3, -0.25) is 9.79 Å². The normalized spacial score (nSPS) is 10.8. The van der Waals surface area contributed by atoms with Crippen LogP contribution in [0, 0.1) is 0 Å². The van der Waals surface area contributed by atoms with E-state index >= 15 is 0 Å². The number of phenols is 2. The highest BCUT2D eigenvalue weighted by Gasteiger charge is 2.07. The van der Waals surface area contributed by atoms with Gasteiger partial charge < -0.3 is 10.2 Å². The van der Waals surface area contributed by atoms with E-state index in [1.54, 1.807) is 12.1 Å². The van der Waals surface area contributed by atoms with Gasteiger partial charge in [-0.25, -0.2) is 0 Å². The standard InChI is InChI=1S/C14H10BrNO3/c15-11-1-3-12(4-2-11)16-7-10-5-9(8-17)6-13(18)14(10)19/h1-8,18-19H. The average Bonchev–Trinajstić information content (AvgIpc) is 2.42. The van der Waals surface area contributed by atoms with Crippen molar-refractivity contribution < 1.29 is 15.0 Å². The number of aldehydes is 1. The maximum atomic E-state index is 10.7.